The van der Waals surface area contributed by atoms with E-state index in [2.05, 4.69) is 34.8 Å². The summed E-state index contributed by atoms with van der Waals surface area (Å²) in [5, 5.41) is 52.4. The van der Waals surface area contributed by atoms with Gasteiger partial charge in [0.05, 0.1) is 12.7 Å². The zero-order valence-corrected chi connectivity index (χ0v) is 21.5. The predicted molar refractivity (Wildman–Crippen MR) is 134 cm³/mol. The first-order valence-electron chi connectivity index (χ1n) is 12.3. The third-order valence-electron chi connectivity index (χ3n) is 5.75. The molecule has 1 aromatic rings. The van der Waals surface area contributed by atoms with Crippen molar-refractivity contribution in [3.63, 3.8) is 0 Å². The standard InChI is InChI=1S/C23H39N5O7S/c1-3-5-6-7-8-9-10-18(30)24-15(14-36-11-4-2)22(33)25-17-13-28(27-26-17)12-16(29)21-19(31)20(32)23(34)35-21/h4,13,15-16,19-21,23,29,31-32,34H,2-3,5-12,14H2,1H3,(H,24,30)(H,25,33)/t15-,16+,19+,20+,21?,23?/m1/s1. The molecule has 0 aliphatic carbocycles. The summed E-state index contributed by atoms with van der Waals surface area (Å²) in [4.78, 5) is 25.3. The van der Waals surface area contributed by atoms with E-state index in [1.807, 2.05) is 0 Å². The molecule has 2 rings (SSSR count). The van der Waals surface area contributed by atoms with Gasteiger partial charge in [0, 0.05) is 12.2 Å². The molecule has 1 aliphatic rings. The van der Waals surface area contributed by atoms with Crippen LogP contribution in [0.3, 0.4) is 0 Å². The molecule has 2 radical (unpaired) electrons. The summed E-state index contributed by atoms with van der Waals surface area (Å²) in [5.74, 6) is 0.467. The van der Waals surface area contributed by atoms with Gasteiger partial charge in [-0.05, 0) is 25.5 Å². The predicted octanol–water partition coefficient (Wildman–Crippen LogP) is 0.0235. The number of nitrogens with zero attached hydrogens (tertiary/aromatic N) is 3. The molecular weight excluding hydrogens is 490 g/mol. The molecule has 0 aromatic carbocycles. The second-order valence-corrected chi connectivity index (χ2v) is 9.89. The molecule has 12 nitrogen and oxygen atoms in total. The van der Waals surface area contributed by atoms with Crippen molar-refractivity contribution >= 4 is 29.4 Å². The van der Waals surface area contributed by atoms with E-state index in [0.717, 1.165) is 25.7 Å². The zero-order valence-electron chi connectivity index (χ0n) is 20.7. The minimum atomic E-state index is -1.60. The van der Waals surface area contributed by atoms with Crippen molar-refractivity contribution in [1.29, 1.82) is 0 Å². The minimum absolute atomic E-state index is 0.115. The second-order valence-electron chi connectivity index (χ2n) is 8.82. The minimum Gasteiger partial charge on any atom is -0.388 e. The van der Waals surface area contributed by atoms with E-state index in [1.54, 1.807) is 6.42 Å². The van der Waals surface area contributed by atoms with Crippen molar-refractivity contribution in [2.24, 2.45) is 0 Å². The molecule has 1 aromatic heterocycles. The summed E-state index contributed by atoms with van der Waals surface area (Å²) in [6.45, 7) is 5.65. The smallest absolute Gasteiger partial charge is 0.249 e. The molecule has 0 saturated carbocycles. The average molecular weight is 530 g/mol. The first-order valence-corrected chi connectivity index (χ1v) is 13.5. The molecule has 13 heteroatoms. The Kier molecular flexibility index (Phi) is 13.7. The quantitative estimate of drug-likeness (QED) is 0.151. The largest absolute Gasteiger partial charge is 0.388 e. The first kappa shape index (κ1) is 30.5. The number of ether oxygens (including phenoxy) is 1. The monoisotopic (exact) mass is 529 g/mol. The number of amides is 2. The third-order valence-corrected chi connectivity index (χ3v) is 6.79. The number of carbonyl (C=O) groups excluding carboxylic acids is 2. The van der Waals surface area contributed by atoms with E-state index in [0.29, 0.717) is 17.9 Å². The highest BCUT2D eigenvalue weighted by Gasteiger charge is 2.45. The lowest BCUT2D eigenvalue weighted by atomic mass is 10.1. The van der Waals surface area contributed by atoms with Crippen LogP contribution in [-0.2, 0) is 20.9 Å². The van der Waals surface area contributed by atoms with Crippen LogP contribution in [0.5, 0.6) is 0 Å². The molecule has 36 heavy (non-hydrogen) atoms. The number of carbonyl (C=O) groups is 2. The number of aromatic nitrogens is 3. The number of anilines is 1. The normalized spacial score (nSPS) is 23.4. The number of aliphatic hydroxyl groups is 4. The fourth-order valence-corrected chi connectivity index (χ4v) is 4.51. The van der Waals surface area contributed by atoms with E-state index in [9.17, 15) is 30.0 Å². The highest BCUT2D eigenvalue weighted by molar-refractivity contribution is 7.99. The highest BCUT2D eigenvalue weighted by Crippen LogP contribution is 2.23. The van der Waals surface area contributed by atoms with Crippen LogP contribution in [0.1, 0.15) is 51.9 Å². The summed E-state index contributed by atoms with van der Waals surface area (Å²) in [7, 11) is 0. The number of nitrogens with one attached hydrogen (secondary N) is 2. The fraction of sp³-hybridized carbons (Fsp3) is 0.739. The lowest BCUT2D eigenvalue weighted by Gasteiger charge is -2.20. The van der Waals surface area contributed by atoms with Crippen LogP contribution in [-0.4, -0.2) is 95.5 Å². The van der Waals surface area contributed by atoms with Gasteiger partial charge in [0.1, 0.15) is 30.5 Å². The number of hydrogen-bond donors (Lipinski definition) is 6. The van der Waals surface area contributed by atoms with Gasteiger partial charge in [-0.2, -0.15) is 11.8 Å². The van der Waals surface area contributed by atoms with Crippen LogP contribution < -0.4 is 10.6 Å². The number of rotatable bonds is 17. The van der Waals surface area contributed by atoms with Gasteiger partial charge in [-0.1, -0.05) is 44.2 Å². The van der Waals surface area contributed by atoms with Gasteiger partial charge >= 0.3 is 0 Å². The van der Waals surface area contributed by atoms with Gasteiger partial charge in [0.2, 0.25) is 11.8 Å². The Morgan fingerprint density at radius 1 is 1.22 bits per heavy atom. The zero-order chi connectivity index (χ0) is 26.5. The van der Waals surface area contributed by atoms with Gasteiger partial charge < -0.3 is 35.8 Å². The van der Waals surface area contributed by atoms with Crippen molar-refractivity contribution in [2.45, 2.75) is 95.2 Å². The second kappa shape index (κ2) is 16.2. The van der Waals surface area contributed by atoms with E-state index in [4.69, 9.17) is 4.74 Å². The highest BCUT2D eigenvalue weighted by atomic mass is 32.2. The van der Waals surface area contributed by atoms with Crippen LogP contribution in [0, 0.1) is 13.3 Å². The molecule has 1 saturated heterocycles. The Labute approximate surface area is 216 Å². The van der Waals surface area contributed by atoms with Gasteiger partial charge in [0.25, 0.3) is 0 Å². The lowest BCUT2D eigenvalue weighted by molar-refractivity contribution is -0.147. The molecule has 1 fully saturated rings. The molecule has 6 N–H and O–H groups in total. The molecule has 0 bridgehead atoms. The van der Waals surface area contributed by atoms with Crippen molar-refractivity contribution in [1.82, 2.24) is 20.3 Å². The Morgan fingerprint density at radius 3 is 2.61 bits per heavy atom. The first-order chi connectivity index (χ1) is 17.3. The van der Waals surface area contributed by atoms with Crippen molar-refractivity contribution in [3.05, 3.63) is 19.5 Å². The Bertz CT molecular complexity index is 799. The third kappa shape index (κ3) is 9.94. The molecule has 2 amide bonds. The van der Waals surface area contributed by atoms with E-state index < -0.39 is 42.7 Å². The molecule has 6 atom stereocenters. The summed E-state index contributed by atoms with van der Waals surface area (Å²) in [6.07, 6.45) is 2.71. The molecule has 1 aliphatic heterocycles. The van der Waals surface area contributed by atoms with Gasteiger partial charge in [-0.15, -0.1) is 5.10 Å². The van der Waals surface area contributed by atoms with E-state index in [1.165, 1.54) is 35.5 Å². The van der Waals surface area contributed by atoms with Gasteiger partial charge in [0.15, 0.2) is 12.1 Å². The van der Waals surface area contributed by atoms with Crippen molar-refractivity contribution in [3.8, 4) is 0 Å². The van der Waals surface area contributed by atoms with Gasteiger partial charge in [-0.25, -0.2) is 4.68 Å². The molecule has 0 spiro atoms. The van der Waals surface area contributed by atoms with Gasteiger partial charge in [-0.3, -0.25) is 9.59 Å². The maximum atomic E-state index is 12.8. The number of thioether (sulfide) groups is 1. The Balaban J connectivity index is 1.86. The number of hydrogen-bond acceptors (Lipinski definition) is 10. The maximum Gasteiger partial charge on any atom is 0.249 e. The Morgan fingerprint density at radius 2 is 1.94 bits per heavy atom. The van der Waals surface area contributed by atoms with Crippen LogP contribution in [0.4, 0.5) is 5.82 Å². The average Bonchev–Trinajstić information content (AvgIpc) is 3.39. The lowest BCUT2D eigenvalue weighted by Crippen LogP contribution is -2.45. The summed E-state index contributed by atoms with van der Waals surface area (Å²) >= 11 is 1.46. The Hall–Kier alpha value is -1.77. The van der Waals surface area contributed by atoms with E-state index in [-0.39, 0.29) is 18.3 Å². The molecule has 2 unspecified atom stereocenters. The molecule has 204 valence electrons. The summed E-state index contributed by atoms with van der Waals surface area (Å²) in [5.41, 5.74) is 0. The van der Waals surface area contributed by atoms with Crippen LogP contribution in [0.25, 0.3) is 0 Å². The van der Waals surface area contributed by atoms with Crippen LogP contribution in [0.2, 0.25) is 0 Å². The maximum absolute atomic E-state index is 12.8. The van der Waals surface area contributed by atoms with Crippen molar-refractivity contribution < 1.29 is 34.8 Å². The number of aliphatic hydroxyl groups excluding tert-OH is 4. The SMILES string of the molecule is [CH2][CH]CSC[C@@H](NC(=O)CCCCCCCC)C(=O)Nc1cn(C[C@H](O)C2OC(O)[C@@H](O)[C@@H]2O)nn1. The van der Waals surface area contributed by atoms with E-state index >= 15 is 0 Å². The molecule has 2 heterocycles. The summed E-state index contributed by atoms with van der Waals surface area (Å²) < 4.78 is 6.21. The van der Waals surface area contributed by atoms with Crippen LogP contribution >= 0.6 is 11.8 Å². The summed E-state index contributed by atoms with van der Waals surface area (Å²) in [6, 6.07) is -0.775. The van der Waals surface area contributed by atoms with Crippen molar-refractivity contribution in [2.75, 3.05) is 16.8 Å². The topological polar surface area (TPSA) is 179 Å². The van der Waals surface area contributed by atoms with Crippen LogP contribution in [0.15, 0.2) is 6.20 Å². The number of unbranched alkanes of at least 4 members (excludes halogenated alkanes) is 5. The fourth-order valence-electron chi connectivity index (χ4n) is 3.74. The molecular formula is C23H39N5O7S.